The molecule has 0 radical (unpaired) electrons. The molecule has 0 bridgehead atoms. The Morgan fingerprint density at radius 1 is 1.55 bits per heavy atom. The van der Waals surface area contributed by atoms with Gasteiger partial charge in [0.15, 0.2) is 11.0 Å². The van der Waals surface area contributed by atoms with Gasteiger partial charge < -0.3 is 14.4 Å². The summed E-state index contributed by atoms with van der Waals surface area (Å²) in [7, 11) is 0. The zero-order chi connectivity index (χ0) is 14.8. The summed E-state index contributed by atoms with van der Waals surface area (Å²) in [6, 6.07) is 2.99. The molecule has 1 N–H and O–H groups in total. The van der Waals surface area contributed by atoms with E-state index >= 15 is 0 Å². The Balaban J connectivity index is 2.19. The lowest BCUT2D eigenvalue weighted by molar-refractivity contribution is -0.151. The summed E-state index contributed by atoms with van der Waals surface area (Å²) in [5.41, 5.74) is -0.952. The Bertz CT molecular complexity index is 539. The second kappa shape index (κ2) is 5.71. The molecule has 1 aliphatic rings. The number of carbonyl (C=O) groups is 2. The third-order valence-electron chi connectivity index (χ3n) is 3.64. The SMILES string of the molecule is C=CCC1(C(=O)O)CCCN(C(=O)c2ccc(Cl)o2)C1. The zero-order valence-electron chi connectivity index (χ0n) is 11.0. The van der Waals surface area contributed by atoms with Gasteiger partial charge in [-0.2, -0.15) is 0 Å². The van der Waals surface area contributed by atoms with Gasteiger partial charge in [0.05, 0.1) is 5.41 Å². The highest BCUT2D eigenvalue weighted by molar-refractivity contribution is 6.29. The molecule has 108 valence electrons. The van der Waals surface area contributed by atoms with Crippen molar-refractivity contribution in [2.75, 3.05) is 13.1 Å². The molecule has 1 saturated heterocycles. The van der Waals surface area contributed by atoms with E-state index in [9.17, 15) is 14.7 Å². The number of carboxylic acids is 1. The van der Waals surface area contributed by atoms with Gasteiger partial charge in [0.2, 0.25) is 0 Å². The number of allylic oxidation sites excluding steroid dienone is 1. The van der Waals surface area contributed by atoms with E-state index in [2.05, 4.69) is 6.58 Å². The Hall–Kier alpha value is -1.75. The maximum atomic E-state index is 12.3. The molecule has 1 amide bonds. The lowest BCUT2D eigenvalue weighted by Gasteiger charge is -2.39. The Kier molecular flexibility index (Phi) is 4.18. The first-order valence-electron chi connectivity index (χ1n) is 6.37. The second-order valence-corrected chi connectivity index (χ2v) is 5.38. The van der Waals surface area contributed by atoms with Crippen molar-refractivity contribution in [2.45, 2.75) is 19.3 Å². The van der Waals surface area contributed by atoms with Crippen molar-refractivity contribution in [1.82, 2.24) is 4.90 Å². The van der Waals surface area contributed by atoms with Crippen LogP contribution in [0.4, 0.5) is 0 Å². The van der Waals surface area contributed by atoms with Crippen LogP contribution in [0.15, 0.2) is 29.2 Å². The number of piperidine rings is 1. The van der Waals surface area contributed by atoms with Crippen LogP contribution in [-0.2, 0) is 4.79 Å². The summed E-state index contributed by atoms with van der Waals surface area (Å²) < 4.78 is 5.09. The Morgan fingerprint density at radius 2 is 2.30 bits per heavy atom. The van der Waals surface area contributed by atoms with Crippen LogP contribution in [0.25, 0.3) is 0 Å². The number of hydrogen-bond acceptors (Lipinski definition) is 3. The predicted octanol–water partition coefficient (Wildman–Crippen LogP) is 2.82. The van der Waals surface area contributed by atoms with E-state index in [1.807, 2.05) is 0 Å². The topological polar surface area (TPSA) is 70.8 Å². The first-order chi connectivity index (χ1) is 9.48. The minimum atomic E-state index is -0.952. The van der Waals surface area contributed by atoms with Gasteiger partial charge in [0.25, 0.3) is 5.91 Å². The molecule has 6 heteroatoms. The molecule has 1 unspecified atom stereocenters. The Labute approximate surface area is 121 Å². The number of carbonyl (C=O) groups excluding carboxylic acids is 1. The first kappa shape index (κ1) is 14.7. The summed E-state index contributed by atoms with van der Waals surface area (Å²) >= 11 is 5.65. The van der Waals surface area contributed by atoms with E-state index in [1.54, 1.807) is 6.08 Å². The van der Waals surface area contributed by atoms with Crippen molar-refractivity contribution in [2.24, 2.45) is 5.41 Å². The van der Waals surface area contributed by atoms with Crippen LogP contribution in [-0.4, -0.2) is 35.0 Å². The third kappa shape index (κ3) is 2.72. The number of aliphatic carboxylic acids is 1. The second-order valence-electron chi connectivity index (χ2n) is 5.01. The number of amides is 1. The van der Waals surface area contributed by atoms with E-state index in [0.717, 1.165) is 0 Å². The molecule has 5 nitrogen and oxygen atoms in total. The monoisotopic (exact) mass is 297 g/mol. The van der Waals surface area contributed by atoms with Crippen LogP contribution in [0, 0.1) is 5.41 Å². The van der Waals surface area contributed by atoms with Crippen LogP contribution < -0.4 is 0 Å². The van der Waals surface area contributed by atoms with Gasteiger partial charge in [0.1, 0.15) is 0 Å². The van der Waals surface area contributed by atoms with Crippen LogP contribution in [0.2, 0.25) is 5.22 Å². The van der Waals surface area contributed by atoms with E-state index in [-0.39, 0.29) is 23.4 Å². The van der Waals surface area contributed by atoms with Crippen molar-refractivity contribution in [1.29, 1.82) is 0 Å². The van der Waals surface area contributed by atoms with Crippen molar-refractivity contribution >= 4 is 23.5 Å². The maximum Gasteiger partial charge on any atom is 0.311 e. The fourth-order valence-corrected chi connectivity index (χ4v) is 2.74. The number of nitrogens with zero attached hydrogens (tertiary/aromatic N) is 1. The predicted molar refractivity (Wildman–Crippen MR) is 73.7 cm³/mol. The van der Waals surface area contributed by atoms with Gasteiger partial charge >= 0.3 is 5.97 Å². The molecular weight excluding hydrogens is 282 g/mol. The molecule has 2 rings (SSSR count). The molecule has 1 aliphatic heterocycles. The van der Waals surface area contributed by atoms with Gasteiger partial charge in [-0.1, -0.05) is 6.08 Å². The number of likely N-dealkylation sites (tertiary alicyclic amines) is 1. The van der Waals surface area contributed by atoms with E-state index in [0.29, 0.717) is 25.8 Å². The van der Waals surface area contributed by atoms with Gasteiger partial charge in [0, 0.05) is 13.1 Å². The van der Waals surface area contributed by atoms with Gasteiger partial charge in [-0.15, -0.1) is 6.58 Å². The number of carboxylic acid groups (broad SMARTS) is 1. The minimum Gasteiger partial charge on any atom is -0.481 e. The smallest absolute Gasteiger partial charge is 0.311 e. The summed E-state index contributed by atoms with van der Waals surface area (Å²) in [4.78, 5) is 25.3. The number of furan rings is 1. The van der Waals surface area contributed by atoms with Crippen molar-refractivity contribution in [3.8, 4) is 0 Å². The highest BCUT2D eigenvalue weighted by Gasteiger charge is 2.43. The van der Waals surface area contributed by atoms with Gasteiger partial charge in [-0.25, -0.2) is 0 Å². The highest BCUT2D eigenvalue weighted by atomic mass is 35.5. The molecule has 1 atom stereocenters. The molecule has 0 aromatic carbocycles. The molecular formula is C14H16ClNO4. The zero-order valence-corrected chi connectivity index (χ0v) is 11.7. The number of hydrogen-bond donors (Lipinski definition) is 1. The average molecular weight is 298 g/mol. The normalized spacial score (nSPS) is 22.6. The molecule has 20 heavy (non-hydrogen) atoms. The molecule has 0 saturated carbocycles. The Morgan fingerprint density at radius 3 is 2.85 bits per heavy atom. The van der Waals surface area contributed by atoms with E-state index in [4.69, 9.17) is 16.0 Å². The summed E-state index contributed by atoms with van der Waals surface area (Å²) in [6.07, 6.45) is 3.11. The maximum absolute atomic E-state index is 12.3. The van der Waals surface area contributed by atoms with Crippen molar-refractivity contribution < 1.29 is 19.1 Å². The molecule has 0 spiro atoms. The van der Waals surface area contributed by atoms with Crippen LogP contribution in [0.1, 0.15) is 29.8 Å². The first-order valence-corrected chi connectivity index (χ1v) is 6.75. The summed E-state index contributed by atoms with van der Waals surface area (Å²) in [5, 5.41) is 9.60. The van der Waals surface area contributed by atoms with E-state index in [1.165, 1.54) is 17.0 Å². The average Bonchev–Trinajstić information content (AvgIpc) is 2.85. The largest absolute Gasteiger partial charge is 0.481 e. The van der Waals surface area contributed by atoms with E-state index < -0.39 is 11.4 Å². The lowest BCUT2D eigenvalue weighted by Crippen LogP contribution is -2.49. The van der Waals surface area contributed by atoms with Crippen LogP contribution in [0.3, 0.4) is 0 Å². The van der Waals surface area contributed by atoms with Crippen LogP contribution >= 0.6 is 11.6 Å². The standard InChI is InChI=1S/C14H16ClNO4/c1-2-6-14(13(18)19)7-3-8-16(9-14)12(17)10-4-5-11(15)20-10/h2,4-5H,1,3,6-9H2,(H,18,19). The van der Waals surface area contributed by atoms with Crippen molar-refractivity contribution in [3.05, 3.63) is 35.8 Å². The fraction of sp³-hybridized carbons (Fsp3) is 0.429. The number of rotatable bonds is 4. The summed E-state index contributed by atoms with van der Waals surface area (Å²) in [5.74, 6) is -1.09. The molecule has 0 aliphatic carbocycles. The van der Waals surface area contributed by atoms with Gasteiger partial charge in [-0.3, -0.25) is 9.59 Å². The quantitative estimate of drug-likeness (QED) is 0.868. The highest BCUT2D eigenvalue weighted by Crippen LogP contribution is 2.35. The van der Waals surface area contributed by atoms with Crippen LogP contribution in [0.5, 0.6) is 0 Å². The molecule has 1 aromatic rings. The molecule has 2 heterocycles. The fourth-order valence-electron chi connectivity index (χ4n) is 2.59. The van der Waals surface area contributed by atoms with Gasteiger partial charge in [-0.05, 0) is 43.0 Å². The molecule has 1 aromatic heterocycles. The molecule has 1 fully saturated rings. The summed E-state index contributed by atoms with van der Waals surface area (Å²) in [6.45, 7) is 4.29. The third-order valence-corrected chi connectivity index (χ3v) is 3.84. The number of halogens is 1. The van der Waals surface area contributed by atoms with Crippen molar-refractivity contribution in [3.63, 3.8) is 0 Å². The minimum absolute atomic E-state index is 0.134. The lowest BCUT2D eigenvalue weighted by atomic mass is 9.77.